The first-order valence-electron chi connectivity index (χ1n) is 12.5. The number of benzene rings is 2. The Morgan fingerprint density at radius 2 is 1.71 bits per heavy atom. The van der Waals surface area contributed by atoms with E-state index in [-0.39, 0.29) is 5.92 Å². The predicted octanol–water partition coefficient (Wildman–Crippen LogP) is 5.58. The van der Waals surface area contributed by atoms with Crippen LogP contribution in [0, 0.1) is 0 Å². The molecule has 186 valence electrons. The third-order valence-corrected chi connectivity index (χ3v) is 6.76. The van der Waals surface area contributed by atoms with Crippen LogP contribution in [0.15, 0.2) is 89.6 Å². The molecule has 2 atom stereocenters. The summed E-state index contributed by atoms with van der Waals surface area (Å²) in [6.45, 7) is 5.38. The van der Waals surface area contributed by atoms with Crippen molar-refractivity contribution in [2.24, 2.45) is 4.99 Å². The maximum absolute atomic E-state index is 12.7. The van der Waals surface area contributed by atoms with E-state index in [1.807, 2.05) is 12.3 Å². The SMILES string of the molecule is C=N/C=C(\C=C\C(c1ccccc1)C(O)(CCN(C)C)C1=CCCc2ccccc21)CCN(C)C. The van der Waals surface area contributed by atoms with Crippen LogP contribution < -0.4 is 0 Å². The van der Waals surface area contributed by atoms with Gasteiger partial charge in [-0.1, -0.05) is 72.8 Å². The van der Waals surface area contributed by atoms with Crippen LogP contribution in [0.2, 0.25) is 0 Å². The number of hydrogen-bond donors (Lipinski definition) is 1. The first kappa shape index (κ1) is 26.8. The van der Waals surface area contributed by atoms with Crippen molar-refractivity contribution in [3.8, 4) is 0 Å². The Balaban J connectivity index is 2.11. The van der Waals surface area contributed by atoms with Crippen molar-refractivity contribution < 1.29 is 5.11 Å². The highest BCUT2D eigenvalue weighted by Crippen LogP contribution is 2.45. The number of nitrogens with zero attached hydrogens (tertiary/aromatic N) is 3. The van der Waals surface area contributed by atoms with Gasteiger partial charge in [0.25, 0.3) is 0 Å². The highest BCUT2D eigenvalue weighted by Gasteiger charge is 2.41. The summed E-state index contributed by atoms with van der Waals surface area (Å²) in [5.74, 6) is -0.214. The van der Waals surface area contributed by atoms with Crippen molar-refractivity contribution >= 4 is 12.3 Å². The molecule has 0 heterocycles. The van der Waals surface area contributed by atoms with E-state index in [1.165, 1.54) is 11.1 Å². The van der Waals surface area contributed by atoms with E-state index in [0.717, 1.165) is 49.1 Å². The quantitative estimate of drug-likeness (QED) is 0.325. The number of aryl methyl sites for hydroxylation is 1. The lowest BCUT2D eigenvalue weighted by atomic mass is 9.70. The molecule has 0 fully saturated rings. The van der Waals surface area contributed by atoms with Crippen molar-refractivity contribution in [2.45, 2.75) is 37.2 Å². The molecule has 4 nitrogen and oxygen atoms in total. The van der Waals surface area contributed by atoms with Crippen molar-refractivity contribution in [1.82, 2.24) is 9.80 Å². The Labute approximate surface area is 212 Å². The molecule has 0 saturated carbocycles. The molecule has 0 bridgehead atoms. The van der Waals surface area contributed by atoms with Crippen molar-refractivity contribution in [3.63, 3.8) is 0 Å². The van der Waals surface area contributed by atoms with Crippen molar-refractivity contribution in [3.05, 3.63) is 101 Å². The first-order valence-corrected chi connectivity index (χ1v) is 12.5. The molecule has 1 aliphatic carbocycles. The molecule has 1 N–H and O–H groups in total. The zero-order valence-corrected chi connectivity index (χ0v) is 21.8. The van der Waals surface area contributed by atoms with Gasteiger partial charge in [-0.15, -0.1) is 0 Å². The van der Waals surface area contributed by atoms with Gasteiger partial charge in [0.2, 0.25) is 0 Å². The number of rotatable bonds is 12. The number of fused-ring (bicyclic) bond motifs is 1. The van der Waals surface area contributed by atoms with E-state index in [0.29, 0.717) is 6.42 Å². The molecule has 0 amide bonds. The van der Waals surface area contributed by atoms with Crippen LogP contribution in [0.3, 0.4) is 0 Å². The maximum atomic E-state index is 12.7. The molecule has 35 heavy (non-hydrogen) atoms. The summed E-state index contributed by atoms with van der Waals surface area (Å²) in [6, 6.07) is 18.9. The average molecular weight is 472 g/mol. The molecule has 0 aromatic heterocycles. The molecule has 2 unspecified atom stereocenters. The van der Waals surface area contributed by atoms with Crippen LogP contribution in [0.5, 0.6) is 0 Å². The minimum absolute atomic E-state index is 0.214. The molecular weight excluding hydrogens is 430 g/mol. The lowest BCUT2D eigenvalue weighted by molar-refractivity contribution is 0.0685. The van der Waals surface area contributed by atoms with Crippen LogP contribution >= 0.6 is 0 Å². The third-order valence-electron chi connectivity index (χ3n) is 6.76. The third kappa shape index (κ3) is 7.11. The Bertz CT molecular complexity index is 1050. The van der Waals surface area contributed by atoms with Gasteiger partial charge in [0.1, 0.15) is 5.60 Å². The van der Waals surface area contributed by atoms with E-state index in [2.05, 4.69) is 116 Å². The lowest BCUT2D eigenvalue weighted by Crippen LogP contribution is -2.40. The number of allylic oxidation sites excluding steroid dienone is 2. The van der Waals surface area contributed by atoms with Gasteiger partial charge >= 0.3 is 0 Å². The normalized spacial score (nSPS) is 16.8. The lowest BCUT2D eigenvalue weighted by Gasteiger charge is -2.40. The summed E-state index contributed by atoms with van der Waals surface area (Å²) in [5.41, 5.74) is 4.67. The van der Waals surface area contributed by atoms with Gasteiger partial charge in [-0.2, -0.15) is 0 Å². The van der Waals surface area contributed by atoms with Gasteiger partial charge in [-0.3, -0.25) is 4.99 Å². The smallest absolute Gasteiger partial charge is 0.101 e. The largest absolute Gasteiger partial charge is 0.384 e. The van der Waals surface area contributed by atoms with Gasteiger partial charge < -0.3 is 14.9 Å². The Hall–Kier alpha value is -2.79. The van der Waals surface area contributed by atoms with Crippen LogP contribution in [0.1, 0.15) is 41.9 Å². The molecule has 3 rings (SSSR count). The first-order chi connectivity index (χ1) is 16.8. The zero-order chi connectivity index (χ0) is 25.3. The molecule has 2 aromatic rings. The van der Waals surface area contributed by atoms with E-state index in [9.17, 15) is 5.11 Å². The molecule has 0 radical (unpaired) electrons. The molecule has 0 aliphatic heterocycles. The Morgan fingerprint density at radius 3 is 2.40 bits per heavy atom. The molecule has 0 saturated heterocycles. The highest BCUT2D eigenvalue weighted by molar-refractivity contribution is 5.77. The van der Waals surface area contributed by atoms with Gasteiger partial charge in [0.05, 0.1) is 0 Å². The number of aliphatic imine (C=N–C) groups is 1. The molecule has 1 aliphatic rings. The standard InChI is InChI=1S/C31H41N3O/c1-32-24-25(20-22-33(2)3)18-19-29(27-13-7-6-8-14-27)31(35,21-23-34(4)5)30-17-11-15-26-12-9-10-16-28(26)30/h6-10,12-14,16-19,24,29,35H,1,11,15,20-23H2,2-5H3/b19-18+,25-24+. The summed E-state index contributed by atoms with van der Waals surface area (Å²) >= 11 is 0. The number of aliphatic hydroxyl groups is 1. The van der Waals surface area contributed by atoms with E-state index in [4.69, 9.17) is 0 Å². The average Bonchev–Trinajstić information content (AvgIpc) is 2.86. The molecule has 4 heteroatoms. The Morgan fingerprint density at radius 1 is 1.03 bits per heavy atom. The zero-order valence-electron chi connectivity index (χ0n) is 21.8. The minimum atomic E-state index is -1.06. The van der Waals surface area contributed by atoms with Crippen LogP contribution in [0.25, 0.3) is 5.57 Å². The second-order valence-corrected chi connectivity index (χ2v) is 9.98. The maximum Gasteiger partial charge on any atom is 0.101 e. The minimum Gasteiger partial charge on any atom is -0.384 e. The van der Waals surface area contributed by atoms with Gasteiger partial charge in [-0.25, -0.2) is 0 Å². The van der Waals surface area contributed by atoms with Crippen LogP contribution in [-0.2, 0) is 6.42 Å². The fourth-order valence-electron chi connectivity index (χ4n) is 4.83. The number of hydrogen-bond acceptors (Lipinski definition) is 4. The van der Waals surface area contributed by atoms with E-state index < -0.39 is 5.60 Å². The predicted molar refractivity (Wildman–Crippen MR) is 150 cm³/mol. The van der Waals surface area contributed by atoms with Gasteiger partial charge in [0, 0.05) is 25.2 Å². The second-order valence-electron chi connectivity index (χ2n) is 9.98. The van der Waals surface area contributed by atoms with Crippen molar-refractivity contribution in [1.29, 1.82) is 0 Å². The summed E-state index contributed by atoms with van der Waals surface area (Å²) in [5, 5.41) is 12.7. The van der Waals surface area contributed by atoms with Gasteiger partial charge in [0.15, 0.2) is 0 Å². The highest BCUT2D eigenvalue weighted by atomic mass is 16.3. The van der Waals surface area contributed by atoms with Crippen molar-refractivity contribution in [2.75, 3.05) is 41.3 Å². The van der Waals surface area contributed by atoms with Crippen LogP contribution in [-0.4, -0.2) is 68.5 Å². The fourth-order valence-corrected chi connectivity index (χ4v) is 4.83. The second kappa shape index (κ2) is 12.8. The molecular formula is C31H41N3O. The molecule has 0 spiro atoms. The summed E-state index contributed by atoms with van der Waals surface area (Å²) < 4.78 is 0. The van der Waals surface area contributed by atoms with Gasteiger partial charge in [-0.05, 0) is 88.4 Å². The van der Waals surface area contributed by atoms with E-state index in [1.54, 1.807) is 0 Å². The summed E-state index contributed by atoms with van der Waals surface area (Å²) in [6.07, 6.45) is 11.8. The van der Waals surface area contributed by atoms with E-state index >= 15 is 0 Å². The summed E-state index contributed by atoms with van der Waals surface area (Å²) in [7, 11) is 8.27. The van der Waals surface area contributed by atoms with Crippen LogP contribution in [0.4, 0.5) is 0 Å². The summed E-state index contributed by atoms with van der Waals surface area (Å²) in [4.78, 5) is 8.36. The monoisotopic (exact) mass is 471 g/mol. The molecule has 2 aromatic carbocycles. The Kier molecular flexibility index (Phi) is 9.79. The topological polar surface area (TPSA) is 39.1 Å². The fraction of sp³-hybridized carbons (Fsp3) is 0.387.